The average molecular weight is 285 g/mol. The molecule has 0 aromatic carbocycles. The molecule has 2 atom stereocenters. The Hall–Kier alpha value is -1.49. The molecule has 19 heavy (non-hydrogen) atoms. The van der Waals surface area contributed by atoms with E-state index in [9.17, 15) is 9.59 Å². The van der Waals surface area contributed by atoms with Crippen LogP contribution >= 0.6 is 11.6 Å². The number of carbonyl (C=O) groups is 2. The zero-order valence-electron chi connectivity index (χ0n) is 11.0. The first-order valence-electron chi connectivity index (χ1n) is 6.25. The van der Waals surface area contributed by atoms with Crippen molar-refractivity contribution in [2.75, 3.05) is 6.54 Å². The summed E-state index contributed by atoms with van der Waals surface area (Å²) < 4.78 is 1.70. The zero-order chi connectivity index (χ0) is 14.2. The summed E-state index contributed by atoms with van der Waals surface area (Å²) in [6.45, 7) is 2.36. The number of hydrogen-bond acceptors (Lipinski definition) is 2. The maximum absolute atomic E-state index is 12.4. The van der Waals surface area contributed by atoms with Crippen molar-refractivity contribution in [3.8, 4) is 0 Å². The SMILES string of the molecule is CC1CC(C(=O)O)CCN1C(=O)c1cc(Cl)cn1C. The molecule has 2 rings (SSSR count). The summed E-state index contributed by atoms with van der Waals surface area (Å²) in [6, 6.07) is 1.57. The van der Waals surface area contributed by atoms with Crippen LogP contribution in [0, 0.1) is 5.92 Å². The van der Waals surface area contributed by atoms with E-state index >= 15 is 0 Å². The monoisotopic (exact) mass is 284 g/mol. The molecule has 1 fully saturated rings. The second-order valence-corrected chi connectivity index (χ2v) is 5.50. The number of aryl methyl sites for hydroxylation is 1. The lowest BCUT2D eigenvalue weighted by Crippen LogP contribution is -2.46. The average Bonchev–Trinajstić information content (AvgIpc) is 2.67. The minimum Gasteiger partial charge on any atom is -0.481 e. The second kappa shape index (κ2) is 5.25. The van der Waals surface area contributed by atoms with E-state index in [-0.39, 0.29) is 17.9 Å². The number of hydrogen-bond donors (Lipinski definition) is 1. The third-order valence-corrected chi connectivity index (χ3v) is 3.88. The van der Waals surface area contributed by atoms with Crippen LogP contribution in [-0.4, -0.2) is 39.0 Å². The van der Waals surface area contributed by atoms with Gasteiger partial charge in [-0.2, -0.15) is 0 Å². The zero-order valence-corrected chi connectivity index (χ0v) is 11.7. The standard InChI is InChI=1S/C13H17ClN2O3/c1-8-5-9(13(18)19)3-4-16(8)12(17)11-6-10(14)7-15(11)2/h6-9H,3-5H2,1-2H3,(H,18,19). The van der Waals surface area contributed by atoms with Gasteiger partial charge in [0.25, 0.3) is 5.91 Å². The van der Waals surface area contributed by atoms with Crippen LogP contribution in [0.2, 0.25) is 5.02 Å². The number of likely N-dealkylation sites (tertiary alicyclic amines) is 1. The molecule has 0 saturated carbocycles. The van der Waals surface area contributed by atoms with Gasteiger partial charge in [0.1, 0.15) is 5.69 Å². The van der Waals surface area contributed by atoms with Crippen molar-refractivity contribution in [2.24, 2.45) is 13.0 Å². The van der Waals surface area contributed by atoms with Crippen molar-refractivity contribution in [2.45, 2.75) is 25.8 Å². The summed E-state index contributed by atoms with van der Waals surface area (Å²) in [7, 11) is 1.77. The van der Waals surface area contributed by atoms with E-state index in [0.717, 1.165) is 0 Å². The summed E-state index contributed by atoms with van der Waals surface area (Å²) in [6.07, 6.45) is 2.69. The molecule has 1 aliphatic rings. The van der Waals surface area contributed by atoms with Gasteiger partial charge in [0.05, 0.1) is 10.9 Å². The van der Waals surface area contributed by atoms with Crippen LogP contribution in [-0.2, 0) is 11.8 Å². The first-order valence-corrected chi connectivity index (χ1v) is 6.63. The van der Waals surface area contributed by atoms with Gasteiger partial charge in [-0.05, 0) is 25.8 Å². The van der Waals surface area contributed by atoms with Gasteiger partial charge in [-0.3, -0.25) is 9.59 Å². The van der Waals surface area contributed by atoms with Crippen molar-refractivity contribution in [3.63, 3.8) is 0 Å². The highest BCUT2D eigenvalue weighted by molar-refractivity contribution is 6.31. The number of carboxylic acids is 1. The summed E-state index contributed by atoms with van der Waals surface area (Å²) in [4.78, 5) is 25.1. The van der Waals surface area contributed by atoms with Crippen LogP contribution in [0.4, 0.5) is 0 Å². The quantitative estimate of drug-likeness (QED) is 0.903. The summed E-state index contributed by atoms with van der Waals surface area (Å²) in [5.41, 5.74) is 0.533. The summed E-state index contributed by atoms with van der Waals surface area (Å²) >= 11 is 5.88. The molecular weight excluding hydrogens is 268 g/mol. The van der Waals surface area contributed by atoms with Crippen LogP contribution in [0.5, 0.6) is 0 Å². The van der Waals surface area contributed by atoms with E-state index in [0.29, 0.717) is 30.1 Å². The smallest absolute Gasteiger partial charge is 0.306 e. The van der Waals surface area contributed by atoms with E-state index in [4.69, 9.17) is 16.7 Å². The molecule has 5 nitrogen and oxygen atoms in total. The molecular formula is C13H17ClN2O3. The number of aromatic nitrogens is 1. The number of piperidine rings is 1. The Morgan fingerprint density at radius 3 is 2.63 bits per heavy atom. The Balaban J connectivity index is 2.13. The predicted molar refractivity (Wildman–Crippen MR) is 71.3 cm³/mol. The van der Waals surface area contributed by atoms with Gasteiger partial charge < -0.3 is 14.6 Å². The number of aliphatic carboxylic acids is 1. The predicted octanol–water partition coefficient (Wildman–Crippen LogP) is 2.00. The Kier molecular flexibility index (Phi) is 3.85. The van der Waals surface area contributed by atoms with Crippen LogP contribution in [0.1, 0.15) is 30.3 Å². The summed E-state index contributed by atoms with van der Waals surface area (Å²) in [5.74, 6) is -1.22. The number of carboxylic acid groups (broad SMARTS) is 1. The van der Waals surface area contributed by atoms with Gasteiger partial charge in [0.2, 0.25) is 0 Å². The lowest BCUT2D eigenvalue weighted by molar-refractivity contribution is -0.143. The number of halogens is 1. The number of amides is 1. The van der Waals surface area contributed by atoms with Crippen molar-refractivity contribution in [1.82, 2.24) is 9.47 Å². The Labute approximate surface area is 116 Å². The molecule has 1 aromatic rings. The van der Waals surface area contributed by atoms with E-state index in [1.807, 2.05) is 6.92 Å². The van der Waals surface area contributed by atoms with Crippen molar-refractivity contribution >= 4 is 23.5 Å². The largest absolute Gasteiger partial charge is 0.481 e. The maximum atomic E-state index is 12.4. The van der Waals surface area contributed by atoms with Gasteiger partial charge >= 0.3 is 5.97 Å². The number of rotatable bonds is 2. The Morgan fingerprint density at radius 2 is 2.16 bits per heavy atom. The molecule has 0 bridgehead atoms. The molecule has 0 aliphatic carbocycles. The van der Waals surface area contributed by atoms with Crippen molar-refractivity contribution in [3.05, 3.63) is 23.0 Å². The number of nitrogens with zero attached hydrogens (tertiary/aromatic N) is 2. The van der Waals surface area contributed by atoms with Crippen LogP contribution < -0.4 is 0 Å². The van der Waals surface area contributed by atoms with Crippen LogP contribution in [0.25, 0.3) is 0 Å². The van der Waals surface area contributed by atoms with Crippen LogP contribution in [0.15, 0.2) is 12.3 Å². The fraction of sp³-hybridized carbons (Fsp3) is 0.538. The van der Waals surface area contributed by atoms with Gasteiger partial charge in [0.15, 0.2) is 0 Å². The van der Waals surface area contributed by atoms with Crippen molar-refractivity contribution < 1.29 is 14.7 Å². The van der Waals surface area contributed by atoms with E-state index in [2.05, 4.69) is 0 Å². The highest BCUT2D eigenvalue weighted by atomic mass is 35.5. The molecule has 6 heteroatoms. The minimum atomic E-state index is -0.777. The molecule has 0 radical (unpaired) electrons. The molecule has 1 aliphatic heterocycles. The minimum absolute atomic E-state index is 0.0731. The highest BCUT2D eigenvalue weighted by Gasteiger charge is 2.33. The van der Waals surface area contributed by atoms with Crippen LogP contribution in [0.3, 0.4) is 0 Å². The van der Waals surface area contributed by atoms with Crippen molar-refractivity contribution in [1.29, 1.82) is 0 Å². The molecule has 2 heterocycles. The van der Waals surface area contributed by atoms with Gasteiger partial charge in [-0.25, -0.2) is 0 Å². The summed E-state index contributed by atoms with van der Waals surface area (Å²) in [5, 5.41) is 9.55. The number of carbonyl (C=O) groups excluding carboxylic acids is 1. The molecule has 1 amide bonds. The molecule has 1 N–H and O–H groups in total. The molecule has 0 spiro atoms. The highest BCUT2D eigenvalue weighted by Crippen LogP contribution is 2.25. The third kappa shape index (κ3) is 2.76. The first kappa shape index (κ1) is 13.9. The van der Waals surface area contributed by atoms with E-state index < -0.39 is 5.97 Å². The van der Waals surface area contributed by atoms with Gasteiger partial charge in [0, 0.05) is 25.8 Å². The normalized spacial score (nSPS) is 23.4. The van der Waals surface area contributed by atoms with E-state index in [1.165, 1.54) is 0 Å². The fourth-order valence-corrected chi connectivity index (χ4v) is 2.83. The van der Waals surface area contributed by atoms with Gasteiger partial charge in [-0.15, -0.1) is 0 Å². The molecule has 1 saturated heterocycles. The second-order valence-electron chi connectivity index (χ2n) is 5.06. The first-order chi connectivity index (χ1) is 8.90. The van der Waals surface area contributed by atoms with E-state index in [1.54, 1.807) is 28.8 Å². The van der Waals surface area contributed by atoms with Gasteiger partial charge in [-0.1, -0.05) is 11.6 Å². The lowest BCUT2D eigenvalue weighted by atomic mass is 9.91. The lowest BCUT2D eigenvalue weighted by Gasteiger charge is -2.36. The topological polar surface area (TPSA) is 62.5 Å². The Morgan fingerprint density at radius 1 is 1.47 bits per heavy atom. The molecule has 2 unspecified atom stereocenters. The third-order valence-electron chi connectivity index (χ3n) is 3.68. The molecule has 104 valence electrons. The molecule has 1 aromatic heterocycles. The Bertz CT molecular complexity index is 512. The fourth-order valence-electron chi connectivity index (χ4n) is 2.58. The maximum Gasteiger partial charge on any atom is 0.306 e.